The van der Waals surface area contributed by atoms with E-state index >= 15 is 0 Å². The van der Waals surface area contributed by atoms with Gasteiger partial charge in [-0.2, -0.15) is 0 Å². The molecule has 2 atom stereocenters. The zero-order valence-electron chi connectivity index (χ0n) is 11.0. The van der Waals surface area contributed by atoms with Gasteiger partial charge in [0.05, 0.1) is 18.6 Å². The number of methoxy groups -OCH3 is 1. The molecule has 1 aromatic rings. The quantitative estimate of drug-likeness (QED) is 0.445. The van der Waals surface area contributed by atoms with Crippen LogP contribution in [0.5, 0.6) is 5.75 Å². The second kappa shape index (κ2) is 6.83. The van der Waals surface area contributed by atoms with Gasteiger partial charge in [0.25, 0.3) is 5.69 Å². The summed E-state index contributed by atoms with van der Waals surface area (Å²) < 4.78 is 9.48. The molecule has 0 aliphatic rings. The fourth-order valence-electron chi connectivity index (χ4n) is 1.68. The number of benzene rings is 1. The van der Waals surface area contributed by atoms with Crippen LogP contribution in [0.4, 0.5) is 5.69 Å². The second-order valence-corrected chi connectivity index (χ2v) is 3.79. The van der Waals surface area contributed by atoms with Gasteiger partial charge in [-0.1, -0.05) is 6.07 Å². The summed E-state index contributed by atoms with van der Waals surface area (Å²) >= 11 is 0. The van der Waals surface area contributed by atoms with Crippen LogP contribution in [0.1, 0.15) is 18.6 Å². The molecule has 0 radical (unpaired) electrons. The Bertz CT molecular complexity index is 503. The van der Waals surface area contributed by atoms with Crippen molar-refractivity contribution in [2.24, 2.45) is 0 Å². The van der Waals surface area contributed by atoms with Crippen LogP contribution in [0.25, 0.3) is 0 Å². The summed E-state index contributed by atoms with van der Waals surface area (Å²) in [5, 5.41) is 30.6. The lowest BCUT2D eigenvalue weighted by Crippen LogP contribution is -2.30. The van der Waals surface area contributed by atoms with Crippen molar-refractivity contribution in [2.75, 3.05) is 13.7 Å². The number of carbonyl (C=O) groups excluding carboxylic acids is 1. The highest BCUT2D eigenvalue weighted by Gasteiger charge is 2.34. The summed E-state index contributed by atoms with van der Waals surface area (Å²) in [5.74, 6) is -1.07. The van der Waals surface area contributed by atoms with Crippen LogP contribution < -0.4 is 4.74 Å². The Kier molecular flexibility index (Phi) is 5.42. The molecule has 0 aliphatic heterocycles. The molecule has 0 saturated heterocycles. The number of nitro benzene ring substituents is 1. The lowest BCUT2D eigenvalue weighted by Gasteiger charge is -2.18. The number of nitro groups is 1. The van der Waals surface area contributed by atoms with Gasteiger partial charge in [-0.25, -0.2) is 4.79 Å². The predicted molar refractivity (Wildman–Crippen MR) is 67.2 cm³/mol. The summed E-state index contributed by atoms with van der Waals surface area (Å²) in [7, 11) is 1.26. The zero-order valence-corrected chi connectivity index (χ0v) is 11.0. The highest BCUT2D eigenvalue weighted by Crippen LogP contribution is 2.35. The summed E-state index contributed by atoms with van der Waals surface area (Å²) in [6.07, 6.45) is -3.77. The van der Waals surface area contributed by atoms with Crippen molar-refractivity contribution >= 4 is 11.7 Å². The van der Waals surface area contributed by atoms with Gasteiger partial charge < -0.3 is 19.7 Å². The van der Waals surface area contributed by atoms with Crippen LogP contribution in [0.2, 0.25) is 0 Å². The molecule has 0 amide bonds. The van der Waals surface area contributed by atoms with Gasteiger partial charge in [-0.05, 0) is 13.0 Å². The molecule has 2 unspecified atom stereocenters. The maximum Gasteiger partial charge on any atom is 0.338 e. The third kappa shape index (κ3) is 3.22. The Labute approximate surface area is 114 Å². The minimum Gasteiger partial charge on any atom is -0.496 e. The van der Waals surface area contributed by atoms with Gasteiger partial charge in [0.15, 0.2) is 6.10 Å². The molecule has 110 valence electrons. The number of ether oxygens (including phenoxy) is 2. The summed E-state index contributed by atoms with van der Waals surface area (Å²) in [5.41, 5.74) is -0.735. The van der Waals surface area contributed by atoms with Gasteiger partial charge in [-0.15, -0.1) is 0 Å². The van der Waals surface area contributed by atoms with Crippen LogP contribution in [0.3, 0.4) is 0 Å². The van der Waals surface area contributed by atoms with E-state index in [1.807, 2.05) is 0 Å². The molecule has 1 rings (SSSR count). The molecule has 0 heterocycles. The number of carbonyl (C=O) groups is 1. The Hall–Kier alpha value is -2.19. The Balaban J connectivity index is 3.22. The molecule has 1 aromatic carbocycles. The summed E-state index contributed by atoms with van der Waals surface area (Å²) in [6.45, 7) is 1.54. The van der Waals surface area contributed by atoms with Gasteiger partial charge in [0, 0.05) is 6.07 Å². The van der Waals surface area contributed by atoms with Crippen molar-refractivity contribution in [3.63, 3.8) is 0 Å². The van der Waals surface area contributed by atoms with Crippen LogP contribution in [0.15, 0.2) is 18.2 Å². The minimum atomic E-state index is -1.94. The van der Waals surface area contributed by atoms with Crippen LogP contribution in [0, 0.1) is 10.1 Å². The average molecular weight is 285 g/mol. The molecule has 0 aromatic heterocycles. The highest BCUT2D eigenvalue weighted by molar-refractivity contribution is 5.76. The highest BCUT2D eigenvalue weighted by atomic mass is 16.6. The topological polar surface area (TPSA) is 119 Å². The van der Waals surface area contributed by atoms with Gasteiger partial charge >= 0.3 is 5.97 Å². The average Bonchev–Trinajstić information content (AvgIpc) is 2.44. The molecular weight excluding hydrogens is 270 g/mol. The molecule has 2 N–H and O–H groups in total. The van der Waals surface area contributed by atoms with Crippen molar-refractivity contribution in [1.29, 1.82) is 0 Å². The predicted octanol–water partition coefficient (Wildman–Crippen LogP) is 0.561. The number of aliphatic hydroxyl groups excluding tert-OH is 2. The summed E-state index contributed by atoms with van der Waals surface area (Å²) in [4.78, 5) is 21.6. The number of nitrogens with zero attached hydrogens (tertiary/aromatic N) is 1. The number of hydrogen-bond acceptors (Lipinski definition) is 7. The zero-order chi connectivity index (χ0) is 15.3. The monoisotopic (exact) mass is 285 g/mol. The molecule has 20 heavy (non-hydrogen) atoms. The van der Waals surface area contributed by atoms with E-state index in [9.17, 15) is 25.1 Å². The maximum absolute atomic E-state index is 11.4. The van der Waals surface area contributed by atoms with E-state index in [1.165, 1.54) is 26.2 Å². The van der Waals surface area contributed by atoms with Crippen LogP contribution >= 0.6 is 0 Å². The van der Waals surface area contributed by atoms with Crippen molar-refractivity contribution in [1.82, 2.24) is 0 Å². The molecule has 0 fully saturated rings. The van der Waals surface area contributed by atoms with Crippen molar-refractivity contribution in [3.8, 4) is 5.75 Å². The van der Waals surface area contributed by atoms with Gasteiger partial charge in [-0.3, -0.25) is 10.1 Å². The first-order valence-electron chi connectivity index (χ1n) is 5.78. The fraction of sp³-hybridized carbons (Fsp3) is 0.417. The summed E-state index contributed by atoms with van der Waals surface area (Å²) in [6, 6.07) is 3.88. The van der Waals surface area contributed by atoms with E-state index in [4.69, 9.17) is 4.74 Å². The first kappa shape index (κ1) is 15.9. The molecule has 0 spiro atoms. The normalized spacial score (nSPS) is 13.4. The first-order valence-corrected chi connectivity index (χ1v) is 5.78. The fourth-order valence-corrected chi connectivity index (χ4v) is 1.68. The number of esters is 1. The first-order chi connectivity index (χ1) is 9.43. The maximum atomic E-state index is 11.4. The van der Waals surface area contributed by atoms with Crippen molar-refractivity contribution in [3.05, 3.63) is 33.9 Å². The third-order valence-electron chi connectivity index (χ3n) is 2.58. The van der Waals surface area contributed by atoms with Crippen LogP contribution in [-0.2, 0) is 9.53 Å². The number of aliphatic hydroxyl groups is 2. The lowest BCUT2D eigenvalue weighted by atomic mass is 10.0. The molecule has 8 heteroatoms. The van der Waals surface area contributed by atoms with E-state index in [0.29, 0.717) is 0 Å². The van der Waals surface area contributed by atoms with E-state index in [1.54, 1.807) is 0 Å². The number of rotatable bonds is 6. The van der Waals surface area contributed by atoms with Crippen molar-refractivity contribution in [2.45, 2.75) is 19.1 Å². The van der Waals surface area contributed by atoms with Crippen LogP contribution in [-0.4, -0.2) is 40.9 Å². The van der Waals surface area contributed by atoms with Gasteiger partial charge in [0.2, 0.25) is 0 Å². The van der Waals surface area contributed by atoms with E-state index in [-0.39, 0.29) is 17.9 Å². The minimum absolute atomic E-state index is 0.00458. The van der Waals surface area contributed by atoms with Gasteiger partial charge in [0.1, 0.15) is 17.4 Å². The van der Waals surface area contributed by atoms with E-state index < -0.39 is 28.8 Å². The Morgan fingerprint density at radius 1 is 1.45 bits per heavy atom. The van der Waals surface area contributed by atoms with E-state index in [2.05, 4.69) is 4.74 Å². The second-order valence-electron chi connectivity index (χ2n) is 3.79. The third-order valence-corrected chi connectivity index (χ3v) is 2.58. The lowest BCUT2D eigenvalue weighted by molar-refractivity contribution is -0.386. The molecule has 0 aliphatic carbocycles. The standard InChI is InChI=1S/C12H15NO7/c1-3-20-12(16)11(15)10(14)9-7(13(17)18)5-4-6-8(9)19-2/h4-6,10-11,14-15H,3H2,1-2H3. The smallest absolute Gasteiger partial charge is 0.338 e. The molecular formula is C12H15NO7. The SMILES string of the molecule is CCOC(=O)C(O)C(O)c1c(OC)cccc1[N+](=O)[O-]. The Morgan fingerprint density at radius 2 is 2.10 bits per heavy atom. The largest absolute Gasteiger partial charge is 0.496 e. The number of hydrogen-bond donors (Lipinski definition) is 2. The molecule has 0 saturated carbocycles. The Morgan fingerprint density at radius 3 is 2.60 bits per heavy atom. The van der Waals surface area contributed by atoms with E-state index in [0.717, 1.165) is 6.07 Å². The van der Waals surface area contributed by atoms with Crippen molar-refractivity contribution < 1.29 is 29.4 Å². The molecule has 0 bridgehead atoms. The molecule has 8 nitrogen and oxygen atoms in total.